The summed E-state index contributed by atoms with van der Waals surface area (Å²) in [5.74, 6) is 1.67. The van der Waals surface area contributed by atoms with Gasteiger partial charge >= 0.3 is 6.09 Å². The Morgan fingerprint density at radius 2 is 1.94 bits per heavy atom. The van der Waals surface area contributed by atoms with E-state index in [4.69, 9.17) is 26.1 Å². The van der Waals surface area contributed by atoms with Gasteiger partial charge in [-0.25, -0.2) is 9.78 Å². The molecule has 6 rings (SSSR count). The van der Waals surface area contributed by atoms with E-state index in [1.807, 2.05) is 39.0 Å². The number of ether oxygens (including phenoxy) is 2. The SMILES string of the molecule is CC(C)(C)OC(=O)N1CCCC1c1nc2c(ccc3c4c(ccc32)-c2ccc(Cl)cc2CO4)[nH]1. The Morgan fingerprint density at radius 1 is 1.15 bits per heavy atom. The zero-order chi connectivity index (χ0) is 23.6. The molecule has 0 saturated carbocycles. The molecule has 0 aliphatic carbocycles. The number of amides is 1. The zero-order valence-corrected chi connectivity index (χ0v) is 20.2. The maximum Gasteiger partial charge on any atom is 0.410 e. The fourth-order valence-electron chi connectivity index (χ4n) is 5.08. The van der Waals surface area contributed by atoms with Crippen LogP contribution in [0.4, 0.5) is 4.79 Å². The Morgan fingerprint density at radius 3 is 2.76 bits per heavy atom. The topological polar surface area (TPSA) is 67.4 Å². The van der Waals surface area contributed by atoms with Crippen LogP contribution in [0.25, 0.3) is 32.9 Å². The first-order chi connectivity index (χ1) is 16.3. The van der Waals surface area contributed by atoms with E-state index in [1.165, 1.54) is 0 Å². The van der Waals surface area contributed by atoms with Gasteiger partial charge < -0.3 is 14.5 Å². The normalized spacial score (nSPS) is 17.5. The molecule has 6 nitrogen and oxygen atoms in total. The number of aromatic nitrogens is 2. The molecule has 2 aliphatic heterocycles. The van der Waals surface area contributed by atoms with Crippen molar-refractivity contribution in [1.82, 2.24) is 14.9 Å². The lowest BCUT2D eigenvalue weighted by Crippen LogP contribution is -2.36. The molecule has 174 valence electrons. The van der Waals surface area contributed by atoms with E-state index in [9.17, 15) is 4.79 Å². The van der Waals surface area contributed by atoms with Crippen molar-refractivity contribution in [1.29, 1.82) is 0 Å². The largest absolute Gasteiger partial charge is 0.488 e. The van der Waals surface area contributed by atoms with E-state index in [-0.39, 0.29) is 12.1 Å². The molecule has 1 fully saturated rings. The summed E-state index contributed by atoms with van der Waals surface area (Å²) in [6.45, 7) is 6.82. The zero-order valence-electron chi connectivity index (χ0n) is 19.4. The predicted molar refractivity (Wildman–Crippen MR) is 133 cm³/mol. The number of imidazole rings is 1. The van der Waals surface area contributed by atoms with Crippen molar-refractivity contribution in [3.05, 3.63) is 58.9 Å². The summed E-state index contributed by atoms with van der Waals surface area (Å²) in [6.07, 6.45) is 1.49. The van der Waals surface area contributed by atoms with Crippen LogP contribution in [0.5, 0.6) is 5.75 Å². The summed E-state index contributed by atoms with van der Waals surface area (Å²) < 4.78 is 11.8. The average Bonchev–Trinajstić information content (AvgIpc) is 3.44. The maximum atomic E-state index is 12.8. The summed E-state index contributed by atoms with van der Waals surface area (Å²) in [4.78, 5) is 23.0. The van der Waals surface area contributed by atoms with Gasteiger partial charge in [0.15, 0.2) is 0 Å². The van der Waals surface area contributed by atoms with E-state index >= 15 is 0 Å². The minimum absolute atomic E-state index is 0.122. The van der Waals surface area contributed by atoms with Crippen LogP contribution in [0.1, 0.15) is 51.0 Å². The number of likely N-dealkylation sites (tertiary alicyclic amines) is 1. The highest BCUT2D eigenvalue weighted by atomic mass is 35.5. The minimum Gasteiger partial charge on any atom is -0.488 e. The Balaban J connectivity index is 1.41. The number of aromatic amines is 1. The highest BCUT2D eigenvalue weighted by Crippen LogP contribution is 2.44. The molecule has 3 heterocycles. The summed E-state index contributed by atoms with van der Waals surface area (Å²) in [5.41, 5.74) is 4.60. The third-order valence-electron chi connectivity index (χ3n) is 6.54. The van der Waals surface area contributed by atoms with Crippen molar-refractivity contribution in [3.8, 4) is 16.9 Å². The second-order valence-electron chi connectivity index (χ2n) is 10.0. The van der Waals surface area contributed by atoms with E-state index in [0.717, 1.165) is 62.9 Å². The molecule has 1 unspecified atom stereocenters. The van der Waals surface area contributed by atoms with Crippen molar-refractivity contribution in [2.45, 2.75) is 51.9 Å². The monoisotopic (exact) mass is 475 g/mol. The molecule has 34 heavy (non-hydrogen) atoms. The number of H-pyrrole nitrogens is 1. The Bertz CT molecular complexity index is 1450. The Kier molecular flexibility index (Phi) is 4.78. The quantitative estimate of drug-likeness (QED) is 0.322. The number of fused-ring (bicyclic) bond motifs is 7. The van der Waals surface area contributed by atoms with Crippen molar-refractivity contribution >= 4 is 39.5 Å². The van der Waals surface area contributed by atoms with Gasteiger partial charge in [-0.2, -0.15) is 0 Å². The molecule has 1 atom stereocenters. The summed E-state index contributed by atoms with van der Waals surface area (Å²) in [5, 5.41) is 2.77. The summed E-state index contributed by atoms with van der Waals surface area (Å²) in [7, 11) is 0. The number of carbonyl (C=O) groups is 1. The Labute approximate surface area is 202 Å². The number of hydrogen-bond donors (Lipinski definition) is 1. The van der Waals surface area contributed by atoms with Gasteiger partial charge in [0.1, 0.15) is 23.8 Å². The van der Waals surface area contributed by atoms with Crippen LogP contribution in [-0.2, 0) is 11.3 Å². The van der Waals surface area contributed by atoms with Crippen LogP contribution in [-0.4, -0.2) is 33.1 Å². The van der Waals surface area contributed by atoms with Crippen molar-refractivity contribution < 1.29 is 14.3 Å². The fourth-order valence-corrected chi connectivity index (χ4v) is 5.27. The smallest absolute Gasteiger partial charge is 0.410 e. The number of hydrogen-bond acceptors (Lipinski definition) is 4. The van der Waals surface area contributed by atoms with Crippen molar-refractivity contribution in [2.75, 3.05) is 6.54 Å². The second-order valence-corrected chi connectivity index (χ2v) is 10.5. The van der Waals surface area contributed by atoms with Crippen molar-refractivity contribution in [2.24, 2.45) is 0 Å². The third kappa shape index (κ3) is 3.48. The maximum absolute atomic E-state index is 12.8. The number of rotatable bonds is 1. The first-order valence-corrected chi connectivity index (χ1v) is 12.0. The highest BCUT2D eigenvalue weighted by molar-refractivity contribution is 6.30. The number of halogens is 1. The molecule has 0 spiro atoms. The first-order valence-electron chi connectivity index (χ1n) is 11.6. The van der Waals surface area contributed by atoms with Gasteiger partial charge in [-0.15, -0.1) is 0 Å². The van der Waals surface area contributed by atoms with Crippen LogP contribution in [0.15, 0.2) is 42.5 Å². The lowest BCUT2D eigenvalue weighted by Gasteiger charge is -2.27. The highest BCUT2D eigenvalue weighted by Gasteiger charge is 2.35. The fraction of sp³-hybridized carbons (Fsp3) is 0.333. The molecule has 7 heteroatoms. The third-order valence-corrected chi connectivity index (χ3v) is 6.78. The van der Waals surface area contributed by atoms with E-state index in [1.54, 1.807) is 4.90 Å². The summed E-state index contributed by atoms with van der Waals surface area (Å²) >= 11 is 6.18. The van der Waals surface area contributed by atoms with Gasteiger partial charge in [0.2, 0.25) is 0 Å². The van der Waals surface area contributed by atoms with Crippen molar-refractivity contribution in [3.63, 3.8) is 0 Å². The van der Waals surface area contributed by atoms with E-state index in [0.29, 0.717) is 18.2 Å². The molecule has 0 radical (unpaired) electrons. The molecule has 1 saturated heterocycles. The molecule has 1 amide bonds. The molecule has 1 aromatic heterocycles. The van der Waals surface area contributed by atoms with Gasteiger partial charge in [0, 0.05) is 27.9 Å². The number of nitrogens with one attached hydrogen (secondary N) is 1. The van der Waals surface area contributed by atoms with E-state index < -0.39 is 5.60 Å². The molecular weight excluding hydrogens is 450 g/mol. The van der Waals surface area contributed by atoms with Crippen LogP contribution in [0.3, 0.4) is 0 Å². The first kappa shape index (κ1) is 21.3. The average molecular weight is 476 g/mol. The van der Waals surface area contributed by atoms with Crippen LogP contribution in [0.2, 0.25) is 5.02 Å². The molecule has 2 aliphatic rings. The van der Waals surface area contributed by atoms with Gasteiger partial charge in [-0.1, -0.05) is 23.7 Å². The van der Waals surface area contributed by atoms with Crippen LogP contribution >= 0.6 is 11.6 Å². The standard InChI is InChI=1S/C27H26ClN3O3/c1-27(2,3)34-26(32)31-12-4-5-22(31)25-29-21-11-10-20-18(23(21)30-25)8-9-19-17-7-6-16(28)13-15(17)14-33-24(19)20/h6-11,13,22H,4-5,12,14H2,1-3H3,(H,29,30). The minimum atomic E-state index is -0.530. The predicted octanol–water partition coefficient (Wildman–Crippen LogP) is 7.00. The lowest BCUT2D eigenvalue weighted by atomic mass is 9.94. The summed E-state index contributed by atoms with van der Waals surface area (Å²) in [6, 6.07) is 14.1. The molecule has 4 aromatic rings. The van der Waals surface area contributed by atoms with Gasteiger partial charge in [-0.05, 0) is 75.1 Å². The molecule has 0 bridgehead atoms. The van der Waals surface area contributed by atoms with Crippen LogP contribution < -0.4 is 4.74 Å². The number of benzene rings is 3. The van der Waals surface area contributed by atoms with Crippen LogP contribution in [0, 0.1) is 0 Å². The van der Waals surface area contributed by atoms with Gasteiger partial charge in [-0.3, -0.25) is 4.90 Å². The molecular formula is C27H26ClN3O3. The number of nitrogens with zero attached hydrogens (tertiary/aromatic N) is 2. The Hall–Kier alpha value is -3.25. The molecule has 3 aromatic carbocycles. The molecule has 1 N–H and O–H groups in total. The van der Waals surface area contributed by atoms with Gasteiger partial charge in [0.05, 0.1) is 17.1 Å². The second kappa shape index (κ2) is 7.64. The van der Waals surface area contributed by atoms with Gasteiger partial charge in [0.25, 0.3) is 0 Å². The lowest BCUT2D eigenvalue weighted by molar-refractivity contribution is 0.0219. The van der Waals surface area contributed by atoms with E-state index in [2.05, 4.69) is 29.2 Å². The number of carbonyl (C=O) groups excluding carboxylic acids is 1.